The molecule has 2 heteroatoms. The molecule has 0 heterocycles. The van der Waals surface area contributed by atoms with Crippen molar-refractivity contribution >= 4 is 0 Å². The number of nitriles is 2. The molecule has 0 N–H and O–H groups in total. The Kier molecular flexibility index (Phi) is 6.16. The van der Waals surface area contributed by atoms with E-state index in [4.69, 9.17) is 10.5 Å². The van der Waals surface area contributed by atoms with Gasteiger partial charge in [-0.05, 0) is 48.2 Å². The summed E-state index contributed by atoms with van der Waals surface area (Å²) in [5.41, 5.74) is 3.83. The van der Waals surface area contributed by atoms with Crippen LogP contribution in [0.15, 0.2) is 48.5 Å². The van der Waals surface area contributed by atoms with Crippen molar-refractivity contribution in [2.45, 2.75) is 51.4 Å². The topological polar surface area (TPSA) is 47.6 Å². The molecule has 0 aliphatic carbocycles. The van der Waals surface area contributed by atoms with Crippen LogP contribution < -0.4 is 0 Å². The second-order valence-electron chi connectivity index (χ2n) is 6.27. The molecule has 0 amide bonds. The molecule has 2 aromatic rings. The van der Waals surface area contributed by atoms with Crippen molar-refractivity contribution in [3.63, 3.8) is 0 Å². The quantitative estimate of drug-likeness (QED) is 0.614. The van der Waals surface area contributed by atoms with Gasteiger partial charge in [0.2, 0.25) is 0 Å². The van der Waals surface area contributed by atoms with E-state index >= 15 is 0 Å². The van der Waals surface area contributed by atoms with Gasteiger partial charge in [-0.1, -0.05) is 57.4 Å². The standard InChI is InChI=1S/C22H24N2/c1-3-5-6-15-22(4-2,20-11-7-18(16-23)8-12-20)21-13-9-19(17-24)10-14-21/h7-14H,3-6,15H2,1-2H3. The van der Waals surface area contributed by atoms with E-state index in [0.717, 1.165) is 12.8 Å². The first-order valence-electron chi connectivity index (χ1n) is 8.71. The Labute approximate surface area is 145 Å². The van der Waals surface area contributed by atoms with Gasteiger partial charge in [0.25, 0.3) is 0 Å². The summed E-state index contributed by atoms with van der Waals surface area (Å²) in [6.45, 7) is 4.44. The third-order valence-electron chi connectivity index (χ3n) is 4.94. The molecule has 0 fully saturated rings. The Morgan fingerprint density at radius 2 is 1.21 bits per heavy atom. The first-order chi connectivity index (χ1) is 11.7. The van der Waals surface area contributed by atoms with Gasteiger partial charge in [0.15, 0.2) is 0 Å². The summed E-state index contributed by atoms with van der Waals surface area (Å²) in [6.07, 6.45) is 5.66. The van der Waals surface area contributed by atoms with Crippen LogP contribution in [0.2, 0.25) is 0 Å². The molecule has 0 atom stereocenters. The lowest BCUT2D eigenvalue weighted by Gasteiger charge is -2.34. The molecule has 0 aliphatic heterocycles. The number of hydrogen-bond acceptors (Lipinski definition) is 2. The first kappa shape index (κ1) is 17.8. The normalized spacial score (nSPS) is 10.8. The summed E-state index contributed by atoms with van der Waals surface area (Å²) < 4.78 is 0. The van der Waals surface area contributed by atoms with Crippen LogP contribution in [0.4, 0.5) is 0 Å². The Morgan fingerprint density at radius 3 is 1.54 bits per heavy atom. The van der Waals surface area contributed by atoms with Gasteiger partial charge in [0, 0.05) is 5.41 Å². The zero-order valence-electron chi connectivity index (χ0n) is 14.5. The Morgan fingerprint density at radius 1 is 0.750 bits per heavy atom. The summed E-state index contributed by atoms with van der Waals surface area (Å²) in [5, 5.41) is 18.1. The van der Waals surface area contributed by atoms with Crippen LogP contribution in [0.3, 0.4) is 0 Å². The Balaban J connectivity index is 2.49. The van der Waals surface area contributed by atoms with E-state index in [2.05, 4.69) is 50.3 Å². The van der Waals surface area contributed by atoms with Gasteiger partial charge in [-0.2, -0.15) is 10.5 Å². The summed E-state index contributed by atoms with van der Waals surface area (Å²) in [7, 11) is 0. The molecule has 24 heavy (non-hydrogen) atoms. The smallest absolute Gasteiger partial charge is 0.0991 e. The largest absolute Gasteiger partial charge is 0.192 e. The molecule has 0 aromatic heterocycles. The average molecular weight is 316 g/mol. The second-order valence-corrected chi connectivity index (χ2v) is 6.27. The van der Waals surface area contributed by atoms with Gasteiger partial charge in [0.05, 0.1) is 23.3 Å². The molecule has 0 bridgehead atoms. The van der Waals surface area contributed by atoms with Crippen molar-refractivity contribution in [2.24, 2.45) is 0 Å². The lowest BCUT2D eigenvalue weighted by Crippen LogP contribution is -2.27. The summed E-state index contributed by atoms with van der Waals surface area (Å²) in [4.78, 5) is 0. The maximum Gasteiger partial charge on any atom is 0.0991 e. The van der Waals surface area contributed by atoms with E-state index in [1.807, 2.05) is 24.3 Å². The molecule has 122 valence electrons. The molecular weight excluding hydrogens is 292 g/mol. The predicted octanol–water partition coefficient (Wildman–Crippen LogP) is 5.71. The van der Waals surface area contributed by atoms with Crippen molar-refractivity contribution in [1.29, 1.82) is 10.5 Å². The van der Waals surface area contributed by atoms with Crippen molar-refractivity contribution < 1.29 is 0 Å². The fraction of sp³-hybridized carbons (Fsp3) is 0.364. The zero-order valence-corrected chi connectivity index (χ0v) is 14.5. The summed E-state index contributed by atoms with van der Waals surface area (Å²) >= 11 is 0. The van der Waals surface area contributed by atoms with Crippen LogP contribution in [-0.4, -0.2) is 0 Å². The van der Waals surface area contributed by atoms with Crippen molar-refractivity contribution in [2.75, 3.05) is 0 Å². The van der Waals surface area contributed by atoms with Gasteiger partial charge < -0.3 is 0 Å². The van der Waals surface area contributed by atoms with Crippen LogP contribution in [0.1, 0.15) is 68.2 Å². The highest BCUT2D eigenvalue weighted by molar-refractivity contribution is 5.44. The summed E-state index contributed by atoms with van der Waals surface area (Å²) in [5.74, 6) is 0. The van der Waals surface area contributed by atoms with E-state index in [1.165, 1.54) is 30.4 Å². The fourth-order valence-corrected chi connectivity index (χ4v) is 3.44. The maximum atomic E-state index is 9.06. The van der Waals surface area contributed by atoms with Gasteiger partial charge >= 0.3 is 0 Å². The third-order valence-corrected chi connectivity index (χ3v) is 4.94. The molecule has 2 rings (SSSR count). The maximum absolute atomic E-state index is 9.06. The van der Waals surface area contributed by atoms with Crippen LogP contribution in [0, 0.1) is 22.7 Å². The molecule has 0 unspecified atom stereocenters. The van der Waals surface area contributed by atoms with Crippen LogP contribution >= 0.6 is 0 Å². The minimum Gasteiger partial charge on any atom is -0.192 e. The SMILES string of the molecule is CCCCCC(CC)(c1ccc(C#N)cc1)c1ccc(C#N)cc1. The van der Waals surface area contributed by atoms with E-state index in [-0.39, 0.29) is 5.41 Å². The monoisotopic (exact) mass is 316 g/mol. The molecular formula is C22H24N2. The Hall–Kier alpha value is -2.58. The number of rotatable bonds is 7. The molecule has 2 aromatic carbocycles. The molecule has 0 spiro atoms. The first-order valence-corrected chi connectivity index (χ1v) is 8.71. The lowest BCUT2D eigenvalue weighted by atomic mass is 9.69. The second kappa shape index (κ2) is 8.32. The van der Waals surface area contributed by atoms with Crippen LogP contribution in [0.25, 0.3) is 0 Å². The van der Waals surface area contributed by atoms with Gasteiger partial charge in [-0.15, -0.1) is 0 Å². The molecule has 0 aliphatic rings. The Bertz CT molecular complexity index is 670. The van der Waals surface area contributed by atoms with Gasteiger partial charge in [-0.25, -0.2) is 0 Å². The van der Waals surface area contributed by atoms with E-state index < -0.39 is 0 Å². The highest BCUT2D eigenvalue weighted by atomic mass is 14.4. The van der Waals surface area contributed by atoms with E-state index in [1.54, 1.807) is 0 Å². The zero-order chi connectivity index (χ0) is 17.4. The van der Waals surface area contributed by atoms with E-state index in [9.17, 15) is 0 Å². The molecule has 0 saturated carbocycles. The highest BCUT2D eigenvalue weighted by Gasteiger charge is 2.31. The van der Waals surface area contributed by atoms with Crippen LogP contribution in [0.5, 0.6) is 0 Å². The van der Waals surface area contributed by atoms with Crippen LogP contribution in [-0.2, 0) is 5.41 Å². The molecule has 0 saturated heterocycles. The summed E-state index contributed by atoms with van der Waals surface area (Å²) in [6, 6.07) is 20.4. The minimum absolute atomic E-state index is 0.0584. The number of hydrogen-bond donors (Lipinski definition) is 0. The van der Waals surface area contributed by atoms with Crippen molar-refractivity contribution in [1.82, 2.24) is 0 Å². The van der Waals surface area contributed by atoms with Crippen molar-refractivity contribution in [3.8, 4) is 12.1 Å². The average Bonchev–Trinajstić information content (AvgIpc) is 2.66. The van der Waals surface area contributed by atoms with E-state index in [0.29, 0.717) is 11.1 Å². The highest BCUT2D eigenvalue weighted by Crippen LogP contribution is 2.40. The third kappa shape index (κ3) is 3.66. The van der Waals surface area contributed by atoms with Gasteiger partial charge in [0.1, 0.15) is 0 Å². The lowest BCUT2D eigenvalue weighted by molar-refractivity contribution is 0.431. The molecule has 2 nitrogen and oxygen atoms in total. The minimum atomic E-state index is -0.0584. The van der Waals surface area contributed by atoms with Crippen molar-refractivity contribution in [3.05, 3.63) is 70.8 Å². The number of unbranched alkanes of at least 4 members (excludes halogenated alkanes) is 2. The number of nitrogens with zero attached hydrogens (tertiary/aromatic N) is 2. The number of benzene rings is 2. The fourth-order valence-electron chi connectivity index (χ4n) is 3.44. The van der Waals surface area contributed by atoms with Gasteiger partial charge in [-0.3, -0.25) is 0 Å². The molecule has 0 radical (unpaired) electrons. The predicted molar refractivity (Wildman–Crippen MR) is 97.5 cm³/mol.